The Morgan fingerprint density at radius 3 is 2.74 bits per heavy atom. The Hall–Kier alpha value is -2.05. The monoisotopic (exact) mass is 379 g/mol. The molecule has 5 nitrogen and oxygen atoms in total. The summed E-state index contributed by atoms with van der Waals surface area (Å²) in [7, 11) is 1.30. The van der Waals surface area contributed by atoms with Crippen LogP contribution in [-0.4, -0.2) is 18.3 Å². The number of hydrogen-bond donors (Lipinski definition) is 2. The lowest BCUT2D eigenvalue weighted by Gasteiger charge is -2.16. The summed E-state index contributed by atoms with van der Waals surface area (Å²) in [6, 6.07) is 11.0. The highest BCUT2D eigenvalue weighted by Crippen LogP contribution is 2.28. The summed E-state index contributed by atoms with van der Waals surface area (Å²) in [5.41, 5.74) is 3.05. The van der Waals surface area contributed by atoms with Crippen LogP contribution in [-0.2, 0) is 18.0 Å². The smallest absolute Gasteiger partial charge is 0.411 e. The third-order valence-electron chi connectivity index (χ3n) is 3.32. The van der Waals surface area contributed by atoms with Gasteiger partial charge in [-0.15, -0.1) is 0 Å². The van der Waals surface area contributed by atoms with Crippen LogP contribution in [0.4, 0.5) is 10.5 Å². The number of carbonyl (C=O) groups is 1. The minimum absolute atomic E-state index is 0.148. The standard InChI is InChI=1S/C17H18BrNO4/c1-11-6-7-16(14(18)8-11)23-10-13-12(9-20)4-3-5-15(13)19-17(21)22-2/h3-8,20H,9-10H2,1-2H3,(H,19,21). The highest BCUT2D eigenvalue weighted by molar-refractivity contribution is 9.10. The van der Waals surface area contributed by atoms with E-state index in [9.17, 15) is 9.90 Å². The fourth-order valence-corrected chi connectivity index (χ4v) is 2.71. The zero-order valence-electron chi connectivity index (χ0n) is 12.9. The van der Waals surface area contributed by atoms with Gasteiger partial charge in [0.2, 0.25) is 0 Å². The largest absolute Gasteiger partial charge is 0.488 e. The van der Waals surface area contributed by atoms with E-state index in [0.29, 0.717) is 22.6 Å². The molecule has 6 heteroatoms. The molecular formula is C17H18BrNO4. The van der Waals surface area contributed by atoms with Crippen molar-refractivity contribution in [3.8, 4) is 5.75 Å². The molecule has 1 amide bonds. The van der Waals surface area contributed by atoms with E-state index in [4.69, 9.17) is 4.74 Å². The average Bonchev–Trinajstić information content (AvgIpc) is 2.54. The molecule has 0 saturated carbocycles. The molecule has 0 heterocycles. The first-order valence-electron chi connectivity index (χ1n) is 7.00. The Kier molecular flexibility index (Phi) is 6.01. The zero-order valence-corrected chi connectivity index (χ0v) is 14.5. The van der Waals surface area contributed by atoms with Crippen LogP contribution in [0.3, 0.4) is 0 Å². The molecule has 0 unspecified atom stereocenters. The van der Waals surface area contributed by atoms with Crippen molar-refractivity contribution in [2.45, 2.75) is 20.1 Å². The lowest BCUT2D eigenvalue weighted by atomic mass is 10.1. The molecule has 0 spiro atoms. The maximum absolute atomic E-state index is 11.5. The normalized spacial score (nSPS) is 10.3. The Labute approximate surface area is 143 Å². The van der Waals surface area contributed by atoms with Crippen molar-refractivity contribution in [1.82, 2.24) is 0 Å². The SMILES string of the molecule is COC(=O)Nc1cccc(CO)c1COc1ccc(C)cc1Br. The van der Waals surface area contributed by atoms with Gasteiger partial charge in [0.1, 0.15) is 12.4 Å². The molecule has 0 aliphatic rings. The first kappa shape index (κ1) is 17.3. The number of ether oxygens (including phenoxy) is 2. The molecule has 2 N–H and O–H groups in total. The summed E-state index contributed by atoms with van der Waals surface area (Å²) in [5, 5.41) is 12.1. The van der Waals surface area contributed by atoms with Gasteiger partial charge in [0, 0.05) is 5.56 Å². The highest BCUT2D eigenvalue weighted by Gasteiger charge is 2.12. The summed E-state index contributed by atoms with van der Waals surface area (Å²) in [6.45, 7) is 2.05. The Balaban J connectivity index is 2.24. The predicted octanol–water partition coefficient (Wildman–Crippen LogP) is 4.01. The lowest BCUT2D eigenvalue weighted by molar-refractivity contribution is 0.187. The Morgan fingerprint density at radius 1 is 1.30 bits per heavy atom. The van der Waals surface area contributed by atoms with Gasteiger partial charge < -0.3 is 14.6 Å². The second-order valence-electron chi connectivity index (χ2n) is 4.94. The number of methoxy groups -OCH3 is 1. The second-order valence-corrected chi connectivity index (χ2v) is 5.79. The average molecular weight is 380 g/mol. The molecule has 23 heavy (non-hydrogen) atoms. The van der Waals surface area contributed by atoms with Gasteiger partial charge in [-0.2, -0.15) is 0 Å². The molecule has 0 saturated heterocycles. The molecule has 0 aliphatic carbocycles. The molecule has 122 valence electrons. The van der Waals surface area contributed by atoms with Crippen LogP contribution in [0.15, 0.2) is 40.9 Å². The summed E-state index contributed by atoms with van der Waals surface area (Å²) >= 11 is 3.46. The van der Waals surface area contributed by atoms with Gasteiger partial charge in [-0.3, -0.25) is 5.32 Å². The topological polar surface area (TPSA) is 67.8 Å². The summed E-state index contributed by atoms with van der Waals surface area (Å²) in [6.07, 6.45) is -0.571. The van der Waals surface area contributed by atoms with Crippen molar-refractivity contribution in [1.29, 1.82) is 0 Å². The second kappa shape index (κ2) is 7.99. The number of halogens is 1. The minimum Gasteiger partial charge on any atom is -0.488 e. The summed E-state index contributed by atoms with van der Waals surface area (Å²) in [5.74, 6) is 0.687. The van der Waals surface area contributed by atoms with Gasteiger partial charge in [-0.25, -0.2) is 4.79 Å². The van der Waals surface area contributed by atoms with Gasteiger partial charge in [0.25, 0.3) is 0 Å². The first-order chi connectivity index (χ1) is 11.0. The maximum atomic E-state index is 11.5. The number of hydrogen-bond acceptors (Lipinski definition) is 4. The number of benzene rings is 2. The van der Waals surface area contributed by atoms with Gasteiger partial charge in [0.15, 0.2) is 0 Å². The number of aryl methyl sites for hydroxylation is 1. The number of anilines is 1. The van der Waals surface area contributed by atoms with E-state index >= 15 is 0 Å². The van der Waals surface area contributed by atoms with Crippen LogP contribution in [0, 0.1) is 6.92 Å². The van der Waals surface area contributed by atoms with Gasteiger partial charge in [0.05, 0.1) is 23.9 Å². The van der Waals surface area contributed by atoms with E-state index in [1.807, 2.05) is 25.1 Å². The molecule has 0 radical (unpaired) electrons. The molecule has 0 bridgehead atoms. The third kappa shape index (κ3) is 4.46. The van der Waals surface area contributed by atoms with E-state index in [0.717, 1.165) is 10.0 Å². The Bertz CT molecular complexity index is 703. The number of carbonyl (C=O) groups excluding carboxylic acids is 1. The molecule has 2 rings (SSSR count). The van der Waals surface area contributed by atoms with Gasteiger partial charge >= 0.3 is 6.09 Å². The highest BCUT2D eigenvalue weighted by atomic mass is 79.9. The van der Waals surface area contributed by atoms with E-state index in [1.54, 1.807) is 18.2 Å². The van der Waals surface area contributed by atoms with E-state index in [-0.39, 0.29) is 13.2 Å². The summed E-state index contributed by atoms with van der Waals surface area (Å²) in [4.78, 5) is 11.5. The first-order valence-corrected chi connectivity index (χ1v) is 7.80. The van der Waals surface area contributed by atoms with Crippen molar-refractivity contribution < 1.29 is 19.4 Å². The number of rotatable bonds is 5. The van der Waals surface area contributed by atoms with Crippen molar-refractivity contribution in [3.63, 3.8) is 0 Å². The summed E-state index contributed by atoms with van der Waals surface area (Å²) < 4.78 is 11.3. The predicted molar refractivity (Wildman–Crippen MR) is 91.6 cm³/mol. The molecule has 2 aromatic carbocycles. The van der Waals surface area contributed by atoms with Crippen LogP contribution >= 0.6 is 15.9 Å². The molecule has 0 aromatic heterocycles. The van der Waals surface area contributed by atoms with Crippen LogP contribution in [0.5, 0.6) is 5.75 Å². The molecule has 0 atom stereocenters. The van der Waals surface area contributed by atoms with Crippen molar-refractivity contribution in [2.75, 3.05) is 12.4 Å². The van der Waals surface area contributed by atoms with E-state index < -0.39 is 6.09 Å². The lowest BCUT2D eigenvalue weighted by Crippen LogP contribution is -2.14. The van der Waals surface area contributed by atoms with Crippen molar-refractivity contribution in [3.05, 3.63) is 57.6 Å². The molecular weight excluding hydrogens is 362 g/mol. The molecule has 2 aromatic rings. The maximum Gasteiger partial charge on any atom is 0.411 e. The fraction of sp³-hybridized carbons (Fsp3) is 0.235. The van der Waals surface area contributed by atoms with Crippen LogP contribution in [0.2, 0.25) is 0 Å². The number of aliphatic hydroxyl groups is 1. The van der Waals surface area contributed by atoms with E-state index in [1.165, 1.54) is 7.11 Å². The van der Waals surface area contributed by atoms with Crippen LogP contribution in [0.25, 0.3) is 0 Å². The Morgan fingerprint density at radius 2 is 2.09 bits per heavy atom. The van der Waals surface area contributed by atoms with Gasteiger partial charge in [-0.05, 0) is 52.2 Å². The van der Waals surface area contributed by atoms with Crippen molar-refractivity contribution in [2.24, 2.45) is 0 Å². The minimum atomic E-state index is -0.571. The number of nitrogens with one attached hydrogen (secondary N) is 1. The zero-order chi connectivity index (χ0) is 16.8. The number of amides is 1. The fourth-order valence-electron chi connectivity index (χ4n) is 2.10. The molecule has 0 fully saturated rings. The van der Waals surface area contributed by atoms with E-state index in [2.05, 4.69) is 26.0 Å². The molecule has 0 aliphatic heterocycles. The van der Waals surface area contributed by atoms with Crippen LogP contribution < -0.4 is 10.1 Å². The van der Waals surface area contributed by atoms with Crippen LogP contribution in [0.1, 0.15) is 16.7 Å². The quantitative estimate of drug-likeness (QED) is 0.823. The number of aliphatic hydroxyl groups excluding tert-OH is 1. The third-order valence-corrected chi connectivity index (χ3v) is 3.94. The van der Waals surface area contributed by atoms with Gasteiger partial charge in [-0.1, -0.05) is 18.2 Å². The van der Waals surface area contributed by atoms with Crippen molar-refractivity contribution >= 4 is 27.7 Å².